The van der Waals surface area contributed by atoms with Gasteiger partial charge in [0, 0.05) is 30.4 Å². The third kappa shape index (κ3) is 4.64. The molecule has 130 valence electrons. The highest BCUT2D eigenvalue weighted by molar-refractivity contribution is 5.98. The molecule has 0 unspecified atom stereocenters. The van der Waals surface area contributed by atoms with Crippen LogP contribution in [0.2, 0.25) is 0 Å². The number of hydrogen-bond donors (Lipinski definition) is 2. The summed E-state index contributed by atoms with van der Waals surface area (Å²) in [5.74, 6) is -0.232. The number of benzene rings is 1. The molecule has 1 aromatic carbocycles. The molecule has 0 atom stereocenters. The molecule has 0 radical (unpaired) electrons. The fourth-order valence-electron chi connectivity index (χ4n) is 2.10. The molecular weight excluding hydrogens is 332 g/mol. The Hall–Kier alpha value is -3.74. The lowest BCUT2D eigenvalue weighted by Crippen LogP contribution is -2.41. The molecule has 0 saturated heterocycles. The number of hydrogen-bond acceptors (Lipinski definition) is 5. The Morgan fingerprint density at radius 2 is 1.50 bits per heavy atom. The summed E-state index contributed by atoms with van der Waals surface area (Å²) in [6.07, 6.45) is 6.38. The highest BCUT2D eigenvalue weighted by Crippen LogP contribution is 2.14. The molecule has 7 nitrogen and oxygen atoms in total. The molecule has 3 aromatic rings. The first-order valence-corrected chi connectivity index (χ1v) is 7.85. The molecule has 0 saturated carbocycles. The third-order valence-corrected chi connectivity index (χ3v) is 3.48. The maximum Gasteiger partial charge on any atom is 0.271 e. The zero-order valence-corrected chi connectivity index (χ0v) is 13.8. The van der Waals surface area contributed by atoms with Gasteiger partial charge < -0.3 is 4.74 Å². The first kappa shape index (κ1) is 17.1. The van der Waals surface area contributed by atoms with Crippen LogP contribution in [0.4, 0.5) is 0 Å². The van der Waals surface area contributed by atoms with Crippen LogP contribution in [0.3, 0.4) is 0 Å². The summed E-state index contributed by atoms with van der Waals surface area (Å²) in [6, 6.07) is 13.6. The van der Waals surface area contributed by atoms with E-state index < -0.39 is 11.8 Å². The van der Waals surface area contributed by atoms with Crippen LogP contribution in [0.15, 0.2) is 73.3 Å². The van der Waals surface area contributed by atoms with E-state index in [0.29, 0.717) is 23.5 Å². The molecule has 0 aliphatic rings. The smallest absolute Gasteiger partial charge is 0.271 e. The quantitative estimate of drug-likeness (QED) is 0.689. The van der Waals surface area contributed by atoms with Gasteiger partial charge in [0.1, 0.15) is 12.4 Å². The Bertz CT molecular complexity index is 868. The number of ether oxygens (including phenoxy) is 1. The number of hydrazine groups is 1. The summed E-state index contributed by atoms with van der Waals surface area (Å²) in [7, 11) is 0. The van der Waals surface area contributed by atoms with E-state index >= 15 is 0 Å². The molecular formula is C19H16N4O3. The van der Waals surface area contributed by atoms with Gasteiger partial charge in [0.05, 0.1) is 5.56 Å². The average molecular weight is 348 g/mol. The Morgan fingerprint density at radius 3 is 2.15 bits per heavy atom. The number of aromatic nitrogens is 2. The van der Waals surface area contributed by atoms with Crippen LogP contribution in [0.1, 0.15) is 26.3 Å². The summed E-state index contributed by atoms with van der Waals surface area (Å²) in [4.78, 5) is 31.7. The summed E-state index contributed by atoms with van der Waals surface area (Å²) in [5.41, 5.74) is 6.45. The van der Waals surface area contributed by atoms with Gasteiger partial charge in [-0.15, -0.1) is 0 Å². The minimum atomic E-state index is -0.441. The number of amides is 2. The van der Waals surface area contributed by atoms with Gasteiger partial charge >= 0.3 is 0 Å². The van der Waals surface area contributed by atoms with E-state index in [1.165, 1.54) is 6.20 Å². The van der Waals surface area contributed by atoms with Crippen LogP contribution in [0, 0.1) is 0 Å². The van der Waals surface area contributed by atoms with E-state index in [-0.39, 0.29) is 0 Å². The molecule has 0 spiro atoms. The summed E-state index contributed by atoms with van der Waals surface area (Å²) in [5, 5.41) is 0. The molecule has 0 aliphatic carbocycles. The normalized spacial score (nSPS) is 10.0. The number of pyridine rings is 2. The molecule has 7 heteroatoms. The van der Waals surface area contributed by atoms with Gasteiger partial charge in [-0.25, -0.2) is 0 Å². The lowest BCUT2D eigenvalue weighted by Gasteiger charge is -2.09. The van der Waals surface area contributed by atoms with E-state index in [2.05, 4.69) is 20.8 Å². The first-order chi connectivity index (χ1) is 12.7. The fourth-order valence-corrected chi connectivity index (χ4v) is 2.10. The maximum absolute atomic E-state index is 12.1. The number of nitrogens with one attached hydrogen (secondary N) is 2. The second-order valence-corrected chi connectivity index (χ2v) is 5.32. The number of rotatable bonds is 5. The lowest BCUT2D eigenvalue weighted by molar-refractivity contribution is 0.0846. The second kappa shape index (κ2) is 8.39. The maximum atomic E-state index is 12.1. The molecule has 2 heterocycles. The zero-order valence-electron chi connectivity index (χ0n) is 13.8. The Morgan fingerprint density at radius 1 is 0.808 bits per heavy atom. The van der Waals surface area contributed by atoms with Crippen LogP contribution >= 0.6 is 0 Å². The highest BCUT2D eigenvalue weighted by atomic mass is 16.5. The molecule has 0 bridgehead atoms. The Kier molecular flexibility index (Phi) is 5.51. The fraction of sp³-hybridized carbons (Fsp3) is 0.0526. The minimum absolute atomic E-state index is 0.354. The monoisotopic (exact) mass is 348 g/mol. The lowest BCUT2D eigenvalue weighted by atomic mass is 10.2. The number of carbonyl (C=O) groups excluding carboxylic acids is 2. The van der Waals surface area contributed by atoms with Gasteiger partial charge in [0.25, 0.3) is 11.8 Å². The van der Waals surface area contributed by atoms with Crippen LogP contribution < -0.4 is 15.6 Å². The molecule has 2 amide bonds. The Labute approximate surface area is 150 Å². The van der Waals surface area contributed by atoms with Gasteiger partial charge in [-0.3, -0.25) is 30.4 Å². The second-order valence-electron chi connectivity index (χ2n) is 5.32. The average Bonchev–Trinajstić information content (AvgIpc) is 2.72. The van der Waals surface area contributed by atoms with Gasteiger partial charge in [-0.05, 0) is 54.1 Å². The van der Waals surface area contributed by atoms with E-state index in [0.717, 1.165) is 5.56 Å². The van der Waals surface area contributed by atoms with Crippen LogP contribution in [0.5, 0.6) is 5.75 Å². The largest absolute Gasteiger partial charge is 0.489 e. The number of carbonyl (C=O) groups is 2. The summed E-state index contributed by atoms with van der Waals surface area (Å²) >= 11 is 0. The third-order valence-electron chi connectivity index (χ3n) is 3.48. The molecule has 26 heavy (non-hydrogen) atoms. The van der Waals surface area contributed by atoms with Crippen LogP contribution in [-0.2, 0) is 6.61 Å². The first-order valence-electron chi connectivity index (χ1n) is 7.85. The van der Waals surface area contributed by atoms with Crippen molar-refractivity contribution in [2.24, 2.45) is 0 Å². The van der Waals surface area contributed by atoms with Crippen molar-refractivity contribution in [3.63, 3.8) is 0 Å². The van der Waals surface area contributed by atoms with E-state index in [9.17, 15) is 9.59 Å². The van der Waals surface area contributed by atoms with Crippen molar-refractivity contribution >= 4 is 11.8 Å². The van der Waals surface area contributed by atoms with Crippen LogP contribution in [0.25, 0.3) is 0 Å². The van der Waals surface area contributed by atoms with Gasteiger partial charge in [0.15, 0.2) is 0 Å². The minimum Gasteiger partial charge on any atom is -0.489 e. The SMILES string of the molecule is O=C(NNC(=O)c1cccnc1)c1ccc(OCc2ccncc2)cc1. The van der Waals surface area contributed by atoms with Crippen LogP contribution in [-0.4, -0.2) is 21.8 Å². The zero-order chi connectivity index (χ0) is 18.2. The molecule has 2 N–H and O–H groups in total. The van der Waals surface area contributed by atoms with Gasteiger partial charge in [-0.2, -0.15) is 0 Å². The van der Waals surface area contributed by atoms with Crippen molar-refractivity contribution in [3.05, 3.63) is 90.0 Å². The van der Waals surface area contributed by atoms with Crippen molar-refractivity contribution in [2.75, 3.05) is 0 Å². The predicted molar refractivity (Wildman–Crippen MR) is 94.2 cm³/mol. The number of nitrogens with zero attached hydrogens (tertiary/aromatic N) is 2. The van der Waals surface area contributed by atoms with E-state index in [4.69, 9.17) is 4.74 Å². The molecule has 0 fully saturated rings. The van der Waals surface area contributed by atoms with Crippen molar-refractivity contribution in [1.82, 2.24) is 20.8 Å². The van der Waals surface area contributed by atoms with Gasteiger partial charge in [0.2, 0.25) is 0 Å². The van der Waals surface area contributed by atoms with Crippen molar-refractivity contribution in [1.29, 1.82) is 0 Å². The van der Waals surface area contributed by atoms with Crippen molar-refractivity contribution < 1.29 is 14.3 Å². The van der Waals surface area contributed by atoms with E-state index in [1.54, 1.807) is 55.0 Å². The van der Waals surface area contributed by atoms with E-state index in [1.807, 2.05) is 12.1 Å². The summed E-state index contributed by atoms with van der Waals surface area (Å²) in [6.45, 7) is 0.412. The predicted octanol–water partition coefficient (Wildman–Crippen LogP) is 2.13. The van der Waals surface area contributed by atoms with Gasteiger partial charge in [-0.1, -0.05) is 0 Å². The topological polar surface area (TPSA) is 93.2 Å². The highest BCUT2D eigenvalue weighted by Gasteiger charge is 2.09. The summed E-state index contributed by atoms with van der Waals surface area (Å²) < 4.78 is 5.65. The Balaban J connectivity index is 1.51. The van der Waals surface area contributed by atoms with Crippen molar-refractivity contribution in [3.8, 4) is 5.75 Å². The molecule has 2 aromatic heterocycles. The molecule has 0 aliphatic heterocycles. The standard InChI is InChI=1S/C19H16N4O3/c24-18(22-23-19(25)16-2-1-9-21-12-16)15-3-5-17(6-4-15)26-13-14-7-10-20-11-8-14/h1-12H,13H2,(H,22,24)(H,23,25). The molecule has 3 rings (SSSR count). The van der Waals surface area contributed by atoms with Crippen molar-refractivity contribution in [2.45, 2.75) is 6.61 Å².